The van der Waals surface area contributed by atoms with Crippen molar-refractivity contribution in [1.29, 1.82) is 0 Å². The van der Waals surface area contributed by atoms with Gasteiger partial charge in [0.2, 0.25) is 0 Å². The van der Waals surface area contributed by atoms with E-state index in [1.165, 1.54) is 18.6 Å². The Balaban J connectivity index is 1.25. The number of aromatic nitrogens is 2. The number of nitrogens with zero attached hydrogens (tertiary/aromatic N) is 3. The van der Waals surface area contributed by atoms with E-state index in [1.807, 2.05) is 30.5 Å². The molecule has 5 rings (SSSR count). The minimum atomic E-state index is -0.299. The van der Waals surface area contributed by atoms with E-state index in [-0.39, 0.29) is 11.9 Å². The van der Waals surface area contributed by atoms with E-state index in [2.05, 4.69) is 15.0 Å². The average Bonchev–Trinajstić information content (AvgIpc) is 3.20. The molecule has 2 aromatic carbocycles. The Morgan fingerprint density at radius 1 is 1.13 bits per heavy atom. The largest absolute Gasteiger partial charge is 0.493 e. The fourth-order valence-electron chi connectivity index (χ4n) is 4.41. The topological polar surface area (TPSA) is 51.4 Å². The van der Waals surface area contributed by atoms with E-state index in [1.54, 1.807) is 12.3 Å². The first-order valence-electron chi connectivity index (χ1n) is 10.5. The van der Waals surface area contributed by atoms with Crippen LogP contribution in [0.1, 0.15) is 37.4 Å². The zero-order valence-electron chi connectivity index (χ0n) is 16.8. The maximum Gasteiger partial charge on any atom is 0.170 e. The van der Waals surface area contributed by atoms with Crippen LogP contribution in [0.25, 0.3) is 21.7 Å². The number of halogens is 1. The molecule has 6 heteroatoms. The normalized spacial score (nSPS) is 17.6. The molecule has 0 aliphatic carbocycles. The van der Waals surface area contributed by atoms with Gasteiger partial charge in [-0.05, 0) is 50.1 Å². The van der Waals surface area contributed by atoms with Crippen molar-refractivity contribution in [1.82, 2.24) is 15.0 Å². The van der Waals surface area contributed by atoms with Gasteiger partial charge < -0.3 is 9.26 Å². The first kappa shape index (κ1) is 19.0. The quantitative estimate of drug-likeness (QED) is 0.396. The van der Waals surface area contributed by atoms with E-state index in [0.717, 1.165) is 60.0 Å². The van der Waals surface area contributed by atoms with Crippen molar-refractivity contribution in [3.63, 3.8) is 0 Å². The Morgan fingerprint density at radius 2 is 2.10 bits per heavy atom. The zero-order valence-corrected chi connectivity index (χ0v) is 16.8. The first-order valence-corrected chi connectivity index (χ1v) is 10.5. The highest BCUT2D eigenvalue weighted by Crippen LogP contribution is 2.34. The van der Waals surface area contributed by atoms with Crippen LogP contribution >= 0.6 is 0 Å². The number of pyridine rings is 1. The summed E-state index contributed by atoms with van der Waals surface area (Å²) in [6.07, 6.45) is 7.95. The first-order chi connectivity index (χ1) is 14.8. The summed E-state index contributed by atoms with van der Waals surface area (Å²) >= 11 is 0. The number of piperidine rings is 1. The Morgan fingerprint density at radius 3 is 3.07 bits per heavy atom. The number of hydrogen-bond donors (Lipinski definition) is 0. The van der Waals surface area contributed by atoms with Crippen LogP contribution in [0, 0.1) is 5.82 Å². The van der Waals surface area contributed by atoms with Gasteiger partial charge in [-0.2, -0.15) is 0 Å². The predicted molar refractivity (Wildman–Crippen MR) is 114 cm³/mol. The van der Waals surface area contributed by atoms with Crippen LogP contribution in [0.5, 0.6) is 5.75 Å². The molecule has 30 heavy (non-hydrogen) atoms. The minimum absolute atomic E-state index is 0.203. The molecule has 0 spiro atoms. The summed E-state index contributed by atoms with van der Waals surface area (Å²) in [7, 11) is 0. The number of hydrogen-bond acceptors (Lipinski definition) is 5. The Labute approximate surface area is 174 Å². The second-order valence-electron chi connectivity index (χ2n) is 7.81. The molecule has 0 bridgehead atoms. The van der Waals surface area contributed by atoms with E-state index >= 15 is 0 Å². The molecule has 5 nitrogen and oxygen atoms in total. The monoisotopic (exact) mass is 405 g/mol. The summed E-state index contributed by atoms with van der Waals surface area (Å²) < 4.78 is 25.0. The number of fused-ring (bicyclic) bond motifs is 2. The fraction of sp³-hybridized carbons (Fsp3) is 0.333. The third-order valence-corrected chi connectivity index (χ3v) is 5.88. The number of ether oxygens (including phenoxy) is 1. The van der Waals surface area contributed by atoms with E-state index in [0.29, 0.717) is 12.2 Å². The van der Waals surface area contributed by atoms with Crippen molar-refractivity contribution in [3.05, 3.63) is 66.4 Å². The van der Waals surface area contributed by atoms with Gasteiger partial charge in [-0.25, -0.2) is 4.39 Å². The summed E-state index contributed by atoms with van der Waals surface area (Å²) in [5, 5.41) is 7.38. The Hall–Kier alpha value is -2.99. The number of likely N-dealkylation sites (tertiary alicyclic amines) is 1. The van der Waals surface area contributed by atoms with Crippen LogP contribution in [0.3, 0.4) is 0 Å². The van der Waals surface area contributed by atoms with Gasteiger partial charge in [-0.15, -0.1) is 0 Å². The van der Waals surface area contributed by atoms with Crippen molar-refractivity contribution in [2.24, 2.45) is 0 Å². The molecule has 0 radical (unpaired) electrons. The standard InChI is InChI=1S/C24H24FN3O2/c25-18-8-9-20-23(15-18)30-27-24(20)21-6-1-2-12-28(21)13-4-14-29-22-7-3-5-17-16-26-11-10-19(17)22/h3,5,7-11,15-16,21H,1-2,4,6,12-14H2. The maximum atomic E-state index is 13.5. The third-order valence-electron chi connectivity index (χ3n) is 5.88. The van der Waals surface area contributed by atoms with E-state index in [9.17, 15) is 4.39 Å². The van der Waals surface area contributed by atoms with Crippen molar-refractivity contribution >= 4 is 21.7 Å². The molecule has 2 aromatic heterocycles. The van der Waals surface area contributed by atoms with Gasteiger partial charge >= 0.3 is 0 Å². The van der Waals surface area contributed by atoms with Gasteiger partial charge in [0.25, 0.3) is 0 Å². The summed E-state index contributed by atoms with van der Waals surface area (Å²) in [6.45, 7) is 2.60. The van der Waals surface area contributed by atoms with Crippen molar-refractivity contribution in [2.75, 3.05) is 19.7 Å². The smallest absolute Gasteiger partial charge is 0.170 e. The lowest BCUT2D eigenvalue weighted by Gasteiger charge is -2.34. The maximum absolute atomic E-state index is 13.5. The fourth-order valence-corrected chi connectivity index (χ4v) is 4.41. The van der Waals surface area contributed by atoms with Crippen LogP contribution in [-0.2, 0) is 0 Å². The molecule has 1 aliphatic rings. The van der Waals surface area contributed by atoms with Crippen LogP contribution in [0.15, 0.2) is 59.4 Å². The SMILES string of the molecule is Fc1ccc2c(C3CCCCN3CCCOc3cccc4cnccc34)noc2c1. The molecule has 1 saturated heterocycles. The predicted octanol–water partition coefficient (Wildman–Crippen LogP) is 5.51. The van der Waals surface area contributed by atoms with Crippen molar-refractivity contribution in [3.8, 4) is 5.75 Å². The molecule has 3 heterocycles. The van der Waals surface area contributed by atoms with Gasteiger partial charge in [-0.1, -0.05) is 23.7 Å². The molecule has 1 atom stereocenters. The summed E-state index contributed by atoms with van der Waals surface area (Å²) in [5.41, 5.74) is 1.44. The average molecular weight is 405 g/mol. The molecule has 1 unspecified atom stereocenters. The molecule has 0 saturated carbocycles. The lowest BCUT2D eigenvalue weighted by atomic mass is 9.97. The summed E-state index contributed by atoms with van der Waals surface area (Å²) in [4.78, 5) is 6.63. The van der Waals surface area contributed by atoms with E-state index < -0.39 is 0 Å². The van der Waals surface area contributed by atoms with Gasteiger partial charge in [0.05, 0.1) is 12.6 Å². The van der Waals surface area contributed by atoms with Gasteiger partial charge in [-0.3, -0.25) is 9.88 Å². The third kappa shape index (κ3) is 3.75. The number of benzene rings is 2. The molecular weight excluding hydrogens is 381 g/mol. The summed E-state index contributed by atoms with van der Waals surface area (Å²) in [6, 6.07) is 12.9. The molecule has 0 N–H and O–H groups in total. The lowest BCUT2D eigenvalue weighted by molar-refractivity contribution is 0.133. The minimum Gasteiger partial charge on any atom is -0.493 e. The van der Waals surface area contributed by atoms with Crippen LogP contribution in [0.2, 0.25) is 0 Å². The van der Waals surface area contributed by atoms with Crippen LogP contribution < -0.4 is 4.74 Å². The van der Waals surface area contributed by atoms with Gasteiger partial charge in [0.1, 0.15) is 17.3 Å². The highest BCUT2D eigenvalue weighted by atomic mass is 19.1. The molecular formula is C24H24FN3O2. The van der Waals surface area contributed by atoms with Gasteiger partial charge in [0, 0.05) is 41.2 Å². The van der Waals surface area contributed by atoms with Crippen LogP contribution in [0.4, 0.5) is 4.39 Å². The molecule has 154 valence electrons. The molecule has 1 fully saturated rings. The summed E-state index contributed by atoms with van der Waals surface area (Å²) in [5.74, 6) is 0.599. The van der Waals surface area contributed by atoms with Crippen LogP contribution in [-0.4, -0.2) is 34.7 Å². The van der Waals surface area contributed by atoms with Crippen molar-refractivity contribution in [2.45, 2.75) is 31.7 Å². The van der Waals surface area contributed by atoms with E-state index in [4.69, 9.17) is 9.26 Å². The highest BCUT2D eigenvalue weighted by Gasteiger charge is 2.28. The molecule has 4 aromatic rings. The Kier molecular flexibility index (Phi) is 5.32. The zero-order chi connectivity index (χ0) is 20.3. The van der Waals surface area contributed by atoms with Gasteiger partial charge in [0.15, 0.2) is 5.58 Å². The molecule has 1 aliphatic heterocycles. The Bertz CT molecular complexity index is 1150. The molecule has 0 amide bonds. The number of rotatable bonds is 6. The highest BCUT2D eigenvalue weighted by molar-refractivity contribution is 5.87. The second-order valence-corrected chi connectivity index (χ2v) is 7.81. The lowest BCUT2D eigenvalue weighted by Crippen LogP contribution is -2.35. The second kappa shape index (κ2) is 8.40. The van der Waals surface area contributed by atoms with Crippen molar-refractivity contribution < 1.29 is 13.7 Å².